The van der Waals surface area contributed by atoms with Crippen molar-refractivity contribution < 1.29 is 39.5 Å². The summed E-state index contributed by atoms with van der Waals surface area (Å²) >= 11 is 0. The number of aliphatic hydroxyl groups is 2. The van der Waals surface area contributed by atoms with Gasteiger partial charge < -0.3 is 45.3 Å². The van der Waals surface area contributed by atoms with Crippen molar-refractivity contribution in [1.82, 2.24) is 25.0 Å². The predicted molar refractivity (Wildman–Crippen MR) is 256 cm³/mol. The number of fused-ring (bicyclic) bond motifs is 2. The van der Waals surface area contributed by atoms with Crippen LogP contribution in [0, 0.1) is 11.8 Å². The molecule has 3 aliphatic heterocycles. The number of phenolic OH excluding ortho intramolecular Hbond substituents is 1. The van der Waals surface area contributed by atoms with Gasteiger partial charge in [0.2, 0.25) is 11.2 Å². The summed E-state index contributed by atoms with van der Waals surface area (Å²) in [5.41, 5.74) is 2.09. The number of hydrogen-bond acceptors (Lipinski definition) is 10. The Labute approximate surface area is 394 Å². The summed E-state index contributed by atoms with van der Waals surface area (Å²) in [7, 11) is 0. The third-order valence-electron chi connectivity index (χ3n) is 14.1. The fourth-order valence-corrected chi connectivity index (χ4v) is 10.4. The van der Waals surface area contributed by atoms with Gasteiger partial charge in [0.1, 0.15) is 11.5 Å². The Bertz CT molecular complexity index is 2830. The standard InChI is InChI=1S/C54H57N5O9/c60-47-19-17-43(44-18-20-49(62)56-51(44)47)48(61)30-55-29-36-13-15-38(16-14-36)52(64)58-32-40-23-26-59(46(40)33-58)50(63)34-68-42-11-6-10-41(28-42)54(67,53(65)66)45-12-5-4-9-39(45)27-35-21-24-57(25-22-35)31-37-7-2-1-3-8-37/h1-20,28,35,40,46,48,55,60-61,67H,21-27,29-34H2,(H,56,62)(H,65,66)/t40-,46+,48+,54+/m1/s1. The number of carboxylic acid groups (broad SMARTS) is 1. The number of carbonyl (C=O) groups is 3. The Morgan fingerprint density at radius 3 is 2.37 bits per heavy atom. The molecule has 352 valence electrons. The zero-order chi connectivity index (χ0) is 47.4. The molecule has 4 heterocycles. The van der Waals surface area contributed by atoms with Crippen molar-refractivity contribution >= 4 is 28.7 Å². The molecule has 0 radical (unpaired) electrons. The molecule has 0 aliphatic carbocycles. The monoisotopic (exact) mass is 919 g/mol. The average molecular weight is 920 g/mol. The van der Waals surface area contributed by atoms with Crippen molar-refractivity contribution in [3.05, 3.63) is 177 Å². The van der Waals surface area contributed by atoms with Gasteiger partial charge >= 0.3 is 5.97 Å². The van der Waals surface area contributed by atoms with Crippen LogP contribution < -0.4 is 15.6 Å². The maximum absolute atomic E-state index is 13.7. The number of aromatic nitrogens is 1. The van der Waals surface area contributed by atoms with Crippen LogP contribution in [0.5, 0.6) is 11.5 Å². The highest BCUT2D eigenvalue weighted by Crippen LogP contribution is 2.37. The highest BCUT2D eigenvalue weighted by atomic mass is 16.5. The van der Waals surface area contributed by atoms with Crippen molar-refractivity contribution in [2.75, 3.05) is 45.9 Å². The van der Waals surface area contributed by atoms with Crippen LogP contribution in [0.4, 0.5) is 0 Å². The summed E-state index contributed by atoms with van der Waals surface area (Å²) in [6.07, 6.45) is 2.42. The van der Waals surface area contributed by atoms with Gasteiger partial charge in [-0.3, -0.25) is 19.3 Å². The van der Waals surface area contributed by atoms with E-state index >= 15 is 0 Å². The van der Waals surface area contributed by atoms with Gasteiger partial charge in [0.25, 0.3) is 11.8 Å². The number of piperidine rings is 1. The first-order valence-electron chi connectivity index (χ1n) is 23.4. The molecule has 4 atom stereocenters. The Balaban J connectivity index is 0.773. The lowest BCUT2D eigenvalue weighted by molar-refractivity contribution is -0.155. The second-order valence-corrected chi connectivity index (χ2v) is 18.4. The predicted octanol–water partition coefficient (Wildman–Crippen LogP) is 5.58. The molecule has 3 fully saturated rings. The molecule has 1 aromatic heterocycles. The smallest absolute Gasteiger partial charge is 0.345 e. The number of benzene rings is 5. The Morgan fingerprint density at radius 2 is 1.59 bits per heavy atom. The summed E-state index contributed by atoms with van der Waals surface area (Å²) in [6, 6.07) is 37.1. The third-order valence-corrected chi connectivity index (χ3v) is 14.1. The highest BCUT2D eigenvalue weighted by molar-refractivity contribution is 5.94. The number of likely N-dealkylation sites (tertiary alicyclic amines) is 3. The van der Waals surface area contributed by atoms with E-state index < -0.39 is 17.7 Å². The van der Waals surface area contributed by atoms with Gasteiger partial charge in [-0.2, -0.15) is 0 Å². The third kappa shape index (κ3) is 9.90. The molecule has 14 heteroatoms. The number of aliphatic hydroxyl groups excluding tert-OH is 1. The zero-order valence-electron chi connectivity index (χ0n) is 37.8. The molecule has 68 heavy (non-hydrogen) atoms. The average Bonchev–Trinajstić information content (AvgIpc) is 3.96. The number of aromatic hydroxyl groups is 1. The first-order valence-corrected chi connectivity index (χ1v) is 23.4. The molecular weight excluding hydrogens is 863 g/mol. The summed E-state index contributed by atoms with van der Waals surface area (Å²) in [5.74, 6) is -1.11. The minimum Gasteiger partial charge on any atom is -0.506 e. The fraction of sp³-hybridized carbons (Fsp3) is 0.333. The molecule has 0 spiro atoms. The van der Waals surface area contributed by atoms with Gasteiger partial charge in [0.15, 0.2) is 6.61 Å². The van der Waals surface area contributed by atoms with Crippen LogP contribution in [0.2, 0.25) is 0 Å². The summed E-state index contributed by atoms with van der Waals surface area (Å²) in [6.45, 7) is 4.60. The van der Waals surface area contributed by atoms with E-state index in [1.807, 2.05) is 30.3 Å². The molecule has 2 amide bonds. The molecule has 14 nitrogen and oxygen atoms in total. The number of rotatable bonds is 16. The van der Waals surface area contributed by atoms with E-state index in [2.05, 4.69) is 39.5 Å². The molecule has 0 unspecified atom stereocenters. The van der Waals surface area contributed by atoms with E-state index in [0.29, 0.717) is 60.6 Å². The molecule has 9 rings (SSSR count). The van der Waals surface area contributed by atoms with Crippen molar-refractivity contribution in [2.45, 2.75) is 56.5 Å². The lowest BCUT2D eigenvalue weighted by Gasteiger charge is -2.33. The molecule has 6 N–H and O–H groups in total. The quantitative estimate of drug-likeness (QED) is 0.0709. The molecule has 6 aromatic rings. The Kier molecular flexibility index (Phi) is 13.7. The van der Waals surface area contributed by atoms with Crippen molar-refractivity contribution in [3.63, 3.8) is 0 Å². The maximum Gasteiger partial charge on any atom is 0.345 e. The lowest BCUT2D eigenvalue weighted by Crippen LogP contribution is -2.42. The number of aromatic amines is 1. The normalized spacial score (nSPS) is 18.9. The van der Waals surface area contributed by atoms with Crippen LogP contribution in [0.25, 0.3) is 10.9 Å². The minimum absolute atomic E-state index is 0.0750. The number of ether oxygens (including phenoxy) is 1. The van der Waals surface area contributed by atoms with Crippen molar-refractivity contribution in [2.24, 2.45) is 11.8 Å². The summed E-state index contributed by atoms with van der Waals surface area (Å²) < 4.78 is 6.01. The van der Waals surface area contributed by atoms with E-state index in [1.54, 1.807) is 64.4 Å². The molecule has 3 aliphatic rings. The second kappa shape index (κ2) is 20.2. The summed E-state index contributed by atoms with van der Waals surface area (Å²) in [5, 5.41) is 47.6. The van der Waals surface area contributed by atoms with Gasteiger partial charge in [-0.05, 0) is 103 Å². The lowest BCUT2D eigenvalue weighted by atomic mass is 9.80. The van der Waals surface area contributed by atoms with Crippen LogP contribution in [0.15, 0.2) is 132 Å². The van der Waals surface area contributed by atoms with E-state index in [4.69, 9.17) is 4.74 Å². The molecular formula is C54H57N5O9. The van der Waals surface area contributed by atoms with Crippen LogP contribution >= 0.6 is 0 Å². The van der Waals surface area contributed by atoms with E-state index in [-0.39, 0.29) is 65.1 Å². The minimum atomic E-state index is -2.35. The highest BCUT2D eigenvalue weighted by Gasteiger charge is 2.45. The molecule has 0 bridgehead atoms. The van der Waals surface area contributed by atoms with E-state index in [9.17, 15) is 39.6 Å². The molecule has 5 aromatic carbocycles. The first kappa shape index (κ1) is 46.3. The number of hydrogen-bond donors (Lipinski definition) is 6. The first-order chi connectivity index (χ1) is 32.9. The fourth-order valence-electron chi connectivity index (χ4n) is 10.4. The maximum atomic E-state index is 13.7. The second-order valence-electron chi connectivity index (χ2n) is 18.4. The van der Waals surface area contributed by atoms with Gasteiger partial charge in [0.05, 0.1) is 17.7 Å². The topological polar surface area (TPSA) is 196 Å². The number of pyridine rings is 1. The number of amides is 2. The number of nitrogens with zero attached hydrogens (tertiary/aromatic N) is 3. The number of aliphatic carboxylic acids is 1. The number of carbonyl (C=O) groups excluding carboxylic acids is 2. The Hall–Kier alpha value is -6.84. The van der Waals surface area contributed by atoms with Crippen LogP contribution in [-0.2, 0) is 34.7 Å². The Morgan fingerprint density at radius 1 is 0.824 bits per heavy atom. The SMILES string of the molecule is O=C(c1ccc(CNC[C@H](O)c2ccc(O)c3[nH]c(=O)ccc23)cc1)N1C[C@H]2CCN(C(=O)COc3cccc([C@@](O)(C(=O)O)c4ccccc4CC4CCN(Cc5ccccc5)CC4)c3)[C@H]2C1. The van der Waals surface area contributed by atoms with Gasteiger partial charge in [-0.25, -0.2) is 4.79 Å². The van der Waals surface area contributed by atoms with Crippen LogP contribution in [0.3, 0.4) is 0 Å². The largest absolute Gasteiger partial charge is 0.506 e. The van der Waals surface area contributed by atoms with Gasteiger partial charge in [-0.1, -0.05) is 84.9 Å². The van der Waals surface area contributed by atoms with Crippen LogP contribution in [-0.4, -0.2) is 110 Å². The van der Waals surface area contributed by atoms with Crippen molar-refractivity contribution in [1.29, 1.82) is 0 Å². The van der Waals surface area contributed by atoms with Crippen molar-refractivity contribution in [3.8, 4) is 11.5 Å². The number of carboxylic acids is 1. The number of H-pyrrole nitrogens is 1. The molecule has 3 saturated heterocycles. The van der Waals surface area contributed by atoms with E-state index in [1.165, 1.54) is 23.8 Å². The number of nitrogens with one attached hydrogen (secondary N) is 2. The zero-order valence-corrected chi connectivity index (χ0v) is 37.8. The van der Waals surface area contributed by atoms with Crippen LogP contribution in [0.1, 0.15) is 69.1 Å². The summed E-state index contributed by atoms with van der Waals surface area (Å²) in [4.78, 5) is 60.8. The van der Waals surface area contributed by atoms with E-state index in [0.717, 1.165) is 50.0 Å². The van der Waals surface area contributed by atoms with Gasteiger partial charge in [0, 0.05) is 73.3 Å². The van der Waals surface area contributed by atoms with Gasteiger partial charge in [-0.15, -0.1) is 0 Å². The molecule has 0 saturated carbocycles. The number of phenols is 1.